The summed E-state index contributed by atoms with van der Waals surface area (Å²) in [6, 6.07) is 6.22. The Morgan fingerprint density at radius 3 is 2.47 bits per heavy atom. The van der Waals surface area contributed by atoms with Crippen molar-refractivity contribution >= 4 is 17.7 Å². The monoisotopic (exact) mass is 256 g/mol. The second-order valence-electron chi connectivity index (χ2n) is 4.37. The van der Waals surface area contributed by atoms with Crippen LogP contribution in [0.15, 0.2) is 29.2 Å². The molecule has 0 fully saturated rings. The molecule has 0 bridgehead atoms. The number of thioether (sulfide) groups is 1. The quantitative estimate of drug-likeness (QED) is 0.790. The van der Waals surface area contributed by atoms with Crippen LogP contribution in [0.1, 0.15) is 20.3 Å². The molecule has 0 heterocycles. The first-order valence-electron chi connectivity index (χ1n) is 5.32. The van der Waals surface area contributed by atoms with Crippen molar-refractivity contribution in [3.8, 4) is 0 Å². The fourth-order valence-electron chi connectivity index (χ4n) is 1.48. The third-order valence-electron chi connectivity index (χ3n) is 2.43. The van der Waals surface area contributed by atoms with Gasteiger partial charge in [-0.15, -0.1) is 11.8 Å². The third kappa shape index (κ3) is 4.36. The highest BCUT2D eigenvalue weighted by Crippen LogP contribution is 2.27. The SMILES string of the molecule is CC(CC(C)(N)C(N)=O)Sc1ccc(F)cc1. The molecule has 0 spiro atoms. The fourth-order valence-corrected chi connectivity index (χ4v) is 2.67. The van der Waals surface area contributed by atoms with Crippen LogP contribution in [0.5, 0.6) is 0 Å². The van der Waals surface area contributed by atoms with Gasteiger partial charge in [0.1, 0.15) is 5.82 Å². The summed E-state index contributed by atoms with van der Waals surface area (Å²) in [6.45, 7) is 3.58. The van der Waals surface area contributed by atoms with Gasteiger partial charge in [-0.05, 0) is 37.6 Å². The highest BCUT2D eigenvalue weighted by atomic mass is 32.2. The van der Waals surface area contributed by atoms with E-state index < -0.39 is 11.4 Å². The van der Waals surface area contributed by atoms with E-state index >= 15 is 0 Å². The Hall–Kier alpha value is -1.07. The first kappa shape index (κ1) is 14.0. The van der Waals surface area contributed by atoms with E-state index in [9.17, 15) is 9.18 Å². The average Bonchev–Trinajstić information content (AvgIpc) is 2.20. The Kier molecular flexibility index (Phi) is 4.54. The number of benzene rings is 1. The number of primary amides is 1. The van der Waals surface area contributed by atoms with Crippen molar-refractivity contribution in [2.75, 3.05) is 0 Å². The minimum atomic E-state index is -1.01. The molecule has 2 atom stereocenters. The molecule has 4 N–H and O–H groups in total. The van der Waals surface area contributed by atoms with Crippen LogP contribution in [-0.4, -0.2) is 16.7 Å². The molecule has 0 saturated heterocycles. The summed E-state index contributed by atoms with van der Waals surface area (Å²) < 4.78 is 12.7. The van der Waals surface area contributed by atoms with Crippen molar-refractivity contribution in [3.63, 3.8) is 0 Å². The van der Waals surface area contributed by atoms with Crippen molar-refractivity contribution in [1.29, 1.82) is 0 Å². The maximum atomic E-state index is 12.7. The highest BCUT2D eigenvalue weighted by molar-refractivity contribution is 7.99. The second-order valence-corrected chi connectivity index (χ2v) is 5.88. The summed E-state index contributed by atoms with van der Waals surface area (Å²) in [7, 11) is 0. The topological polar surface area (TPSA) is 69.1 Å². The lowest BCUT2D eigenvalue weighted by atomic mass is 9.97. The van der Waals surface area contributed by atoms with Crippen LogP contribution in [0.2, 0.25) is 0 Å². The lowest BCUT2D eigenvalue weighted by Crippen LogP contribution is -2.50. The average molecular weight is 256 g/mol. The van der Waals surface area contributed by atoms with Gasteiger partial charge in [-0.2, -0.15) is 0 Å². The van der Waals surface area contributed by atoms with Crippen LogP contribution in [0.4, 0.5) is 4.39 Å². The molecule has 1 aromatic rings. The van der Waals surface area contributed by atoms with Crippen molar-refractivity contribution < 1.29 is 9.18 Å². The van der Waals surface area contributed by atoms with Gasteiger partial charge >= 0.3 is 0 Å². The summed E-state index contributed by atoms with van der Waals surface area (Å²) in [6.07, 6.45) is 0.477. The number of rotatable bonds is 5. The van der Waals surface area contributed by atoms with Gasteiger partial charge in [0.25, 0.3) is 0 Å². The van der Waals surface area contributed by atoms with E-state index in [1.165, 1.54) is 12.1 Å². The highest BCUT2D eigenvalue weighted by Gasteiger charge is 2.28. The lowest BCUT2D eigenvalue weighted by molar-refractivity contribution is -0.122. The van der Waals surface area contributed by atoms with Gasteiger partial charge in [0, 0.05) is 10.1 Å². The summed E-state index contributed by atoms with van der Waals surface area (Å²) in [4.78, 5) is 12.0. The molecule has 0 aromatic heterocycles. The summed E-state index contributed by atoms with van der Waals surface area (Å²) in [5.41, 5.74) is 9.99. The smallest absolute Gasteiger partial charge is 0.237 e. The van der Waals surface area contributed by atoms with Gasteiger partial charge in [0.15, 0.2) is 0 Å². The molecule has 0 radical (unpaired) electrons. The van der Waals surface area contributed by atoms with E-state index in [1.54, 1.807) is 30.8 Å². The zero-order valence-electron chi connectivity index (χ0n) is 9.94. The Labute approximate surface area is 105 Å². The number of amides is 1. The molecule has 2 unspecified atom stereocenters. The van der Waals surface area contributed by atoms with Gasteiger partial charge in [0.05, 0.1) is 5.54 Å². The van der Waals surface area contributed by atoms with Gasteiger partial charge in [0.2, 0.25) is 5.91 Å². The molecule has 1 amide bonds. The maximum absolute atomic E-state index is 12.7. The molecule has 5 heteroatoms. The summed E-state index contributed by atoms with van der Waals surface area (Å²) >= 11 is 1.54. The molecule has 0 aliphatic heterocycles. The molecular weight excluding hydrogens is 239 g/mol. The molecule has 0 aliphatic carbocycles. The third-order valence-corrected chi connectivity index (χ3v) is 3.54. The van der Waals surface area contributed by atoms with Crippen molar-refractivity contribution in [2.45, 2.75) is 36.0 Å². The molecule has 94 valence electrons. The number of hydrogen-bond acceptors (Lipinski definition) is 3. The van der Waals surface area contributed by atoms with Crippen LogP contribution < -0.4 is 11.5 Å². The normalized spacial score (nSPS) is 16.2. The number of nitrogens with two attached hydrogens (primary N) is 2. The number of hydrogen-bond donors (Lipinski definition) is 2. The van der Waals surface area contributed by atoms with E-state index in [4.69, 9.17) is 11.5 Å². The largest absolute Gasteiger partial charge is 0.368 e. The predicted octanol–water partition coefficient (Wildman–Crippen LogP) is 1.90. The van der Waals surface area contributed by atoms with E-state index in [1.807, 2.05) is 6.92 Å². The van der Waals surface area contributed by atoms with Crippen LogP contribution in [-0.2, 0) is 4.79 Å². The molecule has 17 heavy (non-hydrogen) atoms. The van der Waals surface area contributed by atoms with Gasteiger partial charge in [-0.1, -0.05) is 6.92 Å². The molecular formula is C12H17FN2OS. The first-order chi connectivity index (χ1) is 7.81. The van der Waals surface area contributed by atoms with Crippen molar-refractivity contribution in [2.24, 2.45) is 11.5 Å². The number of halogens is 1. The minimum Gasteiger partial charge on any atom is -0.368 e. The number of carbonyl (C=O) groups excluding carboxylic acids is 1. The molecule has 0 saturated carbocycles. The zero-order valence-corrected chi connectivity index (χ0v) is 10.8. The Balaban J connectivity index is 2.58. The molecule has 1 aromatic carbocycles. The van der Waals surface area contributed by atoms with Gasteiger partial charge in [-0.25, -0.2) is 4.39 Å². The maximum Gasteiger partial charge on any atom is 0.237 e. The molecule has 3 nitrogen and oxygen atoms in total. The fraction of sp³-hybridized carbons (Fsp3) is 0.417. The standard InChI is InChI=1S/C12H17FN2OS/c1-8(7-12(2,15)11(14)16)17-10-5-3-9(13)4-6-10/h3-6,8H,7,15H2,1-2H3,(H2,14,16). The van der Waals surface area contributed by atoms with E-state index in [2.05, 4.69) is 0 Å². The Bertz CT molecular complexity index is 392. The van der Waals surface area contributed by atoms with Crippen LogP contribution in [0, 0.1) is 5.82 Å². The van der Waals surface area contributed by atoms with Gasteiger partial charge < -0.3 is 11.5 Å². The summed E-state index contributed by atoms with van der Waals surface area (Å²) in [5.74, 6) is -0.771. The minimum absolute atomic E-state index is 0.128. The van der Waals surface area contributed by atoms with Crippen LogP contribution >= 0.6 is 11.8 Å². The van der Waals surface area contributed by atoms with E-state index in [0.29, 0.717) is 6.42 Å². The van der Waals surface area contributed by atoms with Gasteiger partial charge in [-0.3, -0.25) is 4.79 Å². The van der Waals surface area contributed by atoms with E-state index in [0.717, 1.165) is 4.90 Å². The first-order valence-corrected chi connectivity index (χ1v) is 6.20. The van der Waals surface area contributed by atoms with Crippen molar-refractivity contribution in [3.05, 3.63) is 30.1 Å². The molecule has 1 rings (SSSR count). The van der Waals surface area contributed by atoms with Crippen LogP contribution in [0.25, 0.3) is 0 Å². The predicted molar refractivity (Wildman–Crippen MR) is 68.1 cm³/mol. The van der Waals surface area contributed by atoms with Crippen LogP contribution in [0.3, 0.4) is 0 Å². The second kappa shape index (κ2) is 5.51. The number of carbonyl (C=O) groups is 1. The Morgan fingerprint density at radius 1 is 1.47 bits per heavy atom. The zero-order chi connectivity index (χ0) is 13.1. The lowest BCUT2D eigenvalue weighted by Gasteiger charge is -2.24. The Morgan fingerprint density at radius 2 is 2.00 bits per heavy atom. The summed E-state index contributed by atoms with van der Waals surface area (Å²) in [5, 5.41) is 0.128. The van der Waals surface area contributed by atoms with E-state index in [-0.39, 0.29) is 11.1 Å². The van der Waals surface area contributed by atoms with Crippen molar-refractivity contribution in [1.82, 2.24) is 0 Å². The molecule has 0 aliphatic rings.